The fourth-order valence-corrected chi connectivity index (χ4v) is 19.8. The number of halogens is 4. The first-order valence-corrected chi connectivity index (χ1v) is 20.2. The number of hydrogen-bond acceptors (Lipinski definition) is 0. The van der Waals surface area contributed by atoms with Gasteiger partial charge in [0, 0.05) is 0 Å². The summed E-state index contributed by atoms with van der Waals surface area (Å²) in [7, 11) is 0. The summed E-state index contributed by atoms with van der Waals surface area (Å²) >= 11 is 8.94. The van der Waals surface area contributed by atoms with Crippen molar-refractivity contribution >= 4 is 58.7 Å². The van der Waals surface area contributed by atoms with Gasteiger partial charge in [0.1, 0.15) is 0 Å². The van der Waals surface area contributed by atoms with Crippen LogP contribution >= 0.6 is 48.0 Å². The van der Waals surface area contributed by atoms with Crippen LogP contribution in [0.25, 0.3) is 11.1 Å². The largest absolute Gasteiger partial charge is 0.147 e. The fraction of sp³-hybridized carbons (Fsp3) is 0.189. The van der Waals surface area contributed by atoms with Gasteiger partial charge in [0.15, 0.2) is 0 Å². The van der Waals surface area contributed by atoms with Gasteiger partial charge in [-0.05, 0) is 0 Å². The monoisotopic (exact) mass is 710 g/mol. The quantitative estimate of drug-likeness (QED) is 0.170. The van der Waals surface area contributed by atoms with Gasteiger partial charge in [-0.1, -0.05) is 0 Å². The third-order valence-electron chi connectivity index (χ3n) is 8.61. The van der Waals surface area contributed by atoms with Crippen molar-refractivity contribution in [2.24, 2.45) is 11.8 Å². The second-order valence-corrected chi connectivity index (χ2v) is 20.7. The van der Waals surface area contributed by atoms with Crippen molar-refractivity contribution in [3.8, 4) is 11.1 Å². The third-order valence-corrected chi connectivity index (χ3v) is 20.6. The summed E-state index contributed by atoms with van der Waals surface area (Å²) in [6, 6.07) is 32.8. The molecule has 0 aliphatic heterocycles. The molecular weight excluding hydrogens is 677 g/mol. The van der Waals surface area contributed by atoms with Crippen LogP contribution in [0.5, 0.6) is 0 Å². The molecule has 0 bridgehead atoms. The molecule has 1 unspecified atom stereocenters. The molecule has 4 aromatic rings. The molecule has 0 fully saturated rings. The third kappa shape index (κ3) is 6.07. The number of fused-ring (bicyclic) bond motifs is 3. The molecule has 42 heavy (non-hydrogen) atoms. The number of hydrogen-bond donors (Lipinski definition) is 0. The minimum absolute atomic E-state index is 0. The average Bonchev–Trinajstić information content (AvgIpc) is 3.47. The number of allylic oxidation sites excluding steroid dienone is 4. The van der Waals surface area contributed by atoms with Gasteiger partial charge in [0.05, 0.1) is 0 Å². The molecule has 0 saturated heterocycles. The molecule has 216 valence electrons. The van der Waals surface area contributed by atoms with E-state index in [1.165, 1.54) is 44.5 Å². The van der Waals surface area contributed by atoms with Gasteiger partial charge in [0.25, 0.3) is 0 Å². The summed E-state index contributed by atoms with van der Waals surface area (Å²) in [6.07, 6.45) is 3.51. The second kappa shape index (κ2) is 13.4. The van der Waals surface area contributed by atoms with Crippen LogP contribution in [0.3, 0.4) is 0 Å². The predicted molar refractivity (Wildman–Crippen MR) is 187 cm³/mol. The molecule has 0 heterocycles. The van der Waals surface area contributed by atoms with Crippen molar-refractivity contribution in [3.63, 3.8) is 0 Å². The normalized spacial score (nSPS) is 15.0. The van der Waals surface area contributed by atoms with Crippen LogP contribution in [-0.4, -0.2) is 7.42 Å². The Morgan fingerprint density at radius 1 is 0.738 bits per heavy atom. The molecule has 6 rings (SSSR count). The molecule has 5 heteroatoms. The van der Waals surface area contributed by atoms with E-state index in [2.05, 4.69) is 108 Å². The summed E-state index contributed by atoms with van der Waals surface area (Å²) in [6.45, 7) is 9.43. The van der Waals surface area contributed by atoms with Crippen LogP contribution < -0.4 is 3.27 Å². The Hall–Kier alpha value is -1.86. The Morgan fingerprint density at radius 2 is 1.29 bits per heavy atom. The van der Waals surface area contributed by atoms with Crippen LogP contribution in [0.2, 0.25) is 10.0 Å². The van der Waals surface area contributed by atoms with E-state index in [0.29, 0.717) is 11.8 Å². The van der Waals surface area contributed by atoms with Gasteiger partial charge in [-0.2, -0.15) is 0 Å². The molecular formula is C37H36Cl4Zr. The Balaban J connectivity index is 0.00000202. The number of benzene rings is 4. The Kier molecular flexibility index (Phi) is 10.6. The van der Waals surface area contributed by atoms with Crippen LogP contribution in [0.15, 0.2) is 111 Å². The average molecular weight is 714 g/mol. The molecule has 0 amide bonds. The molecule has 0 radical (unpaired) electrons. The maximum atomic E-state index is 6.37. The zero-order chi connectivity index (χ0) is 28.0. The van der Waals surface area contributed by atoms with E-state index in [4.69, 9.17) is 23.2 Å². The molecule has 2 aliphatic rings. The van der Waals surface area contributed by atoms with E-state index >= 15 is 0 Å². The second-order valence-electron chi connectivity index (χ2n) is 11.5. The van der Waals surface area contributed by atoms with Gasteiger partial charge >= 0.3 is 254 Å². The van der Waals surface area contributed by atoms with Gasteiger partial charge < -0.3 is 0 Å². The summed E-state index contributed by atoms with van der Waals surface area (Å²) < 4.78 is 8.54. The first-order chi connectivity index (χ1) is 19.3. The first kappa shape index (κ1) is 33.0. The summed E-state index contributed by atoms with van der Waals surface area (Å²) in [5.74, 6) is 0.862. The minimum Gasteiger partial charge on any atom is -0.147 e. The standard InChI is InChI=1S/C13H9.C10H15.2C7H5Cl.2ClH.Zr/c1-3-7-12-10(5-1)9-11-6-2-4-8-13(11)12;1-7(2)10-6-8(3)5-9(10)4;2*1-6-2-4-7(8)5-3-6;;;/h1-5,7-8H,9H2;6-8H,1-4H3;2*1-5H;2*1H;. The van der Waals surface area contributed by atoms with Crippen molar-refractivity contribution in [3.05, 3.63) is 144 Å². The molecule has 1 atom stereocenters. The van der Waals surface area contributed by atoms with Crippen molar-refractivity contribution in [2.75, 3.05) is 0 Å². The maximum Gasteiger partial charge on any atom is -0.147 e. The maximum absolute atomic E-state index is 6.37. The minimum atomic E-state index is -3.79. The number of rotatable bonds is 5. The molecule has 0 N–H and O–H groups in total. The molecule has 0 nitrogen and oxygen atoms in total. The van der Waals surface area contributed by atoms with E-state index in [-0.39, 0.29) is 24.8 Å². The van der Waals surface area contributed by atoms with E-state index in [0.717, 1.165) is 16.5 Å². The van der Waals surface area contributed by atoms with Crippen molar-refractivity contribution in [2.45, 2.75) is 34.1 Å². The SMILES string of the molecule is CC1=[C]([Zr](=[CH]c2ccc(Cl)cc2)(=[CH]c2ccc(Cl)cc2)[c]2cccc3c2Cc2ccccc2-3)C(C)C=C1C(C)C.Cl.Cl. The van der Waals surface area contributed by atoms with E-state index in [9.17, 15) is 0 Å². The van der Waals surface area contributed by atoms with Gasteiger partial charge in [0.2, 0.25) is 0 Å². The zero-order valence-electron chi connectivity index (χ0n) is 24.3. The molecule has 4 aromatic carbocycles. The van der Waals surface area contributed by atoms with Crippen molar-refractivity contribution in [1.29, 1.82) is 0 Å². The molecule has 0 aromatic heterocycles. The molecule has 2 aliphatic carbocycles. The summed E-state index contributed by atoms with van der Waals surface area (Å²) in [5.41, 5.74) is 11.2. The Labute approximate surface area is 276 Å². The topological polar surface area (TPSA) is 0 Å². The zero-order valence-corrected chi connectivity index (χ0v) is 29.9. The molecule has 0 spiro atoms. The Morgan fingerprint density at radius 3 is 1.83 bits per heavy atom. The summed E-state index contributed by atoms with van der Waals surface area (Å²) in [4.78, 5) is 0. The fourth-order valence-electron chi connectivity index (χ4n) is 6.97. The predicted octanol–water partition coefficient (Wildman–Crippen LogP) is 10.4. The Bertz CT molecular complexity index is 1740. The van der Waals surface area contributed by atoms with Crippen LogP contribution in [0, 0.1) is 11.8 Å². The van der Waals surface area contributed by atoms with E-state index < -0.39 is 19.3 Å². The van der Waals surface area contributed by atoms with Crippen LogP contribution in [0.1, 0.15) is 49.9 Å². The van der Waals surface area contributed by atoms with E-state index in [1.807, 2.05) is 24.3 Å². The van der Waals surface area contributed by atoms with Gasteiger partial charge in [-0.15, -0.1) is 24.8 Å². The first-order valence-electron chi connectivity index (χ1n) is 14.1. The van der Waals surface area contributed by atoms with Crippen molar-refractivity contribution in [1.82, 2.24) is 0 Å². The van der Waals surface area contributed by atoms with Gasteiger partial charge in [-0.25, -0.2) is 0 Å². The van der Waals surface area contributed by atoms with Crippen LogP contribution in [0.4, 0.5) is 0 Å². The summed E-state index contributed by atoms with van der Waals surface area (Å²) in [5, 5.41) is 1.54. The van der Waals surface area contributed by atoms with Crippen LogP contribution in [-0.2, 0) is 25.7 Å². The van der Waals surface area contributed by atoms with E-state index in [1.54, 1.807) is 6.55 Å². The van der Waals surface area contributed by atoms with Crippen molar-refractivity contribution < 1.29 is 19.3 Å². The smallest absolute Gasteiger partial charge is 0.147 e. The molecule has 0 saturated carbocycles. The van der Waals surface area contributed by atoms with Gasteiger partial charge in [-0.3, -0.25) is 0 Å².